The van der Waals surface area contributed by atoms with Gasteiger partial charge in [-0.3, -0.25) is 0 Å². The molecule has 8 heavy (non-hydrogen) atoms. The third-order valence-electron chi connectivity index (χ3n) is 1.55. The Kier molecular flexibility index (Phi) is 3.64. The van der Waals surface area contributed by atoms with Crippen LogP contribution in [0.1, 0.15) is 33.6 Å². The summed E-state index contributed by atoms with van der Waals surface area (Å²) in [6, 6.07) is 0. The van der Waals surface area contributed by atoms with Gasteiger partial charge in [0.2, 0.25) is 0 Å². The van der Waals surface area contributed by atoms with Gasteiger partial charge in [-0.05, 0) is 18.2 Å². The highest BCUT2D eigenvalue weighted by atomic mass is 31.1. The summed E-state index contributed by atoms with van der Waals surface area (Å²) in [5.41, 5.74) is 0. The molecule has 1 atom stereocenters. The molecule has 0 aromatic heterocycles. The molecular weight excluding hydrogens is 115 g/mol. The van der Waals surface area contributed by atoms with Gasteiger partial charge in [0.1, 0.15) is 0 Å². The van der Waals surface area contributed by atoms with E-state index in [0.717, 1.165) is 8.58 Å². The predicted octanol–water partition coefficient (Wildman–Crippen LogP) is 2.87. The van der Waals surface area contributed by atoms with Crippen molar-refractivity contribution in [1.82, 2.24) is 0 Å². The van der Waals surface area contributed by atoms with Crippen molar-refractivity contribution in [2.75, 3.05) is 6.66 Å². The van der Waals surface area contributed by atoms with Crippen molar-refractivity contribution >= 4 is 8.58 Å². The van der Waals surface area contributed by atoms with E-state index >= 15 is 0 Å². The third kappa shape index (κ3) is 3.43. The maximum Gasteiger partial charge on any atom is -0.0181 e. The zero-order valence-electron chi connectivity index (χ0n) is 6.41. The van der Waals surface area contributed by atoms with E-state index in [1.807, 2.05) is 0 Å². The summed E-state index contributed by atoms with van der Waals surface area (Å²) in [5, 5.41) is 0.620. The summed E-state index contributed by atoms with van der Waals surface area (Å²) >= 11 is 0. The molecule has 1 heteroatoms. The molecule has 0 saturated carbocycles. The highest BCUT2D eigenvalue weighted by Gasteiger charge is 2.11. The molecule has 0 saturated heterocycles. The minimum Gasteiger partial charge on any atom is -0.119 e. The molecule has 0 aliphatic heterocycles. The Morgan fingerprint density at radius 1 is 1.38 bits per heavy atom. The normalized spacial score (nSPS) is 13.5. The van der Waals surface area contributed by atoms with Gasteiger partial charge in [0, 0.05) is 0 Å². The molecule has 0 aromatic rings. The number of hydrogen-bond donors (Lipinski definition) is 0. The molecule has 0 nitrogen and oxygen atoms in total. The lowest BCUT2D eigenvalue weighted by atomic mass is 10.1. The Hall–Kier alpha value is 0.430. The fourth-order valence-electron chi connectivity index (χ4n) is 0.750. The molecule has 1 unspecified atom stereocenters. The van der Waals surface area contributed by atoms with Crippen molar-refractivity contribution < 1.29 is 0 Å². The van der Waals surface area contributed by atoms with Crippen molar-refractivity contribution in [3.8, 4) is 0 Å². The quantitative estimate of drug-likeness (QED) is 0.518. The van der Waals surface area contributed by atoms with Gasteiger partial charge in [-0.15, -0.1) is 8.58 Å². The van der Waals surface area contributed by atoms with E-state index < -0.39 is 0 Å². The van der Waals surface area contributed by atoms with Crippen LogP contribution >= 0.6 is 8.58 Å². The predicted molar refractivity (Wildman–Crippen MR) is 43.2 cm³/mol. The van der Waals surface area contributed by atoms with Crippen LogP contribution in [0.2, 0.25) is 0 Å². The summed E-state index contributed by atoms with van der Waals surface area (Å²) in [6.45, 7) is 9.22. The maximum absolute atomic E-state index is 2.34. The smallest absolute Gasteiger partial charge is 0.0181 e. The summed E-state index contributed by atoms with van der Waals surface area (Å²) in [6.07, 6.45) is 2.70. The van der Waals surface area contributed by atoms with Crippen molar-refractivity contribution in [2.45, 2.75) is 38.8 Å². The van der Waals surface area contributed by atoms with E-state index in [0.29, 0.717) is 5.16 Å². The Bertz CT molecular complexity index is 57.4. The standard InChI is InChI=1S/C7H17P/c1-5-6-7(2,3)8-4/h8H,5-6H2,1-4H3. The Morgan fingerprint density at radius 3 is 2.00 bits per heavy atom. The van der Waals surface area contributed by atoms with Crippen LogP contribution in [0.3, 0.4) is 0 Å². The van der Waals surface area contributed by atoms with Crippen LogP contribution in [-0.4, -0.2) is 11.8 Å². The second kappa shape index (κ2) is 3.45. The third-order valence-corrected chi connectivity index (χ3v) is 3.16. The second-order valence-corrected chi connectivity index (χ2v) is 4.74. The van der Waals surface area contributed by atoms with Crippen LogP contribution in [0, 0.1) is 0 Å². The molecule has 0 fully saturated rings. The van der Waals surface area contributed by atoms with Gasteiger partial charge < -0.3 is 0 Å². The SMILES string of the molecule is CCCC(C)(C)PC. The van der Waals surface area contributed by atoms with E-state index in [-0.39, 0.29) is 0 Å². The fourth-order valence-corrected chi connectivity index (χ4v) is 1.25. The zero-order chi connectivity index (χ0) is 6.62. The van der Waals surface area contributed by atoms with Crippen molar-refractivity contribution in [1.29, 1.82) is 0 Å². The summed E-state index contributed by atoms with van der Waals surface area (Å²) in [5.74, 6) is 0. The molecule has 0 N–H and O–H groups in total. The number of rotatable bonds is 3. The van der Waals surface area contributed by atoms with E-state index in [1.165, 1.54) is 12.8 Å². The average molecular weight is 132 g/mol. The number of hydrogen-bond acceptors (Lipinski definition) is 0. The van der Waals surface area contributed by atoms with Crippen molar-refractivity contribution in [3.63, 3.8) is 0 Å². The maximum atomic E-state index is 2.34. The van der Waals surface area contributed by atoms with Crippen LogP contribution in [-0.2, 0) is 0 Å². The van der Waals surface area contributed by atoms with Crippen LogP contribution in [0.25, 0.3) is 0 Å². The van der Waals surface area contributed by atoms with Gasteiger partial charge in [0.25, 0.3) is 0 Å². The van der Waals surface area contributed by atoms with Crippen LogP contribution in [0.4, 0.5) is 0 Å². The molecule has 0 amide bonds. The molecule has 0 radical (unpaired) electrons. The van der Waals surface area contributed by atoms with E-state index in [1.54, 1.807) is 0 Å². The first kappa shape index (κ1) is 8.43. The highest BCUT2D eigenvalue weighted by Crippen LogP contribution is 2.31. The molecule has 0 aliphatic rings. The first-order valence-corrected chi connectivity index (χ1v) is 4.81. The fraction of sp³-hybridized carbons (Fsp3) is 1.00. The molecule has 0 aromatic carbocycles. The van der Waals surface area contributed by atoms with Gasteiger partial charge in [-0.2, -0.15) is 0 Å². The van der Waals surface area contributed by atoms with Crippen LogP contribution < -0.4 is 0 Å². The Morgan fingerprint density at radius 2 is 1.88 bits per heavy atom. The lowest BCUT2D eigenvalue weighted by Gasteiger charge is -2.20. The summed E-state index contributed by atoms with van der Waals surface area (Å²) in [4.78, 5) is 0. The van der Waals surface area contributed by atoms with Crippen LogP contribution in [0.5, 0.6) is 0 Å². The van der Waals surface area contributed by atoms with E-state index in [2.05, 4.69) is 27.4 Å². The Balaban J connectivity index is 3.37. The van der Waals surface area contributed by atoms with Gasteiger partial charge in [0.05, 0.1) is 0 Å². The van der Waals surface area contributed by atoms with E-state index in [9.17, 15) is 0 Å². The van der Waals surface area contributed by atoms with Crippen molar-refractivity contribution in [2.24, 2.45) is 0 Å². The minimum atomic E-state index is 0.620. The largest absolute Gasteiger partial charge is 0.119 e. The molecular formula is C7H17P. The molecule has 0 heterocycles. The monoisotopic (exact) mass is 132 g/mol. The summed E-state index contributed by atoms with van der Waals surface area (Å²) in [7, 11) is 1.09. The van der Waals surface area contributed by atoms with Gasteiger partial charge in [-0.25, -0.2) is 0 Å². The zero-order valence-corrected chi connectivity index (χ0v) is 7.41. The lowest BCUT2D eigenvalue weighted by Crippen LogP contribution is -2.10. The first-order chi connectivity index (χ1) is 3.62. The first-order valence-electron chi connectivity index (χ1n) is 3.31. The topological polar surface area (TPSA) is 0 Å². The highest BCUT2D eigenvalue weighted by molar-refractivity contribution is 7.38. The van der Waals surface area contributed by atoms with Crippen LogP contribution in [0.15, 0.2) is 0 Å². The Labute approximate surface area is 54.8 Å². The van der Waals surface area contributed by atoms with E-state index in [4.69, 9.17) is 0 Å². The molecule has 50 valence electrons. The van der Waals surface area contributed by atoms with Gasteiger partial charge in [-0.1, -0.05) is 27.2 Å². The van der Waals surface area contributed by atoms with Gasteiger partial charge >= 0.3 is 0 Å². The molecule has 0 rings (SSSR count). The minimum absolute atomic E-state index is 0.620. The molecule has 0 spiro atoms. The molecule has 0 aliphatic carbocycles. The second-order valence-electron chi connectivity index (χ2n) is 2.88. The average Bonchev–Trinajstić information content (AvgIpc) is 1.67. The van der Waals surface area contributed by atoms with Crippen molar-refractivity contribution in [3.05, 3.63) is 0 Å². The molecule has 0 bridgehead atoms. The van der Waals surface area contributed by atoms with Gasteiger partial charge in [0.15, 0.2) is 0 Å². The summed E-state index contributed by atoms with van der Waals surface area (Å²) < 4.78 is 0. The lowest BCUT2D eigenvalue weighted by molar-refractivity contribution is 0.622.